The number of alkyl halides is 3. The number of methoxy groups -OCH3 is 1. The Kier molecular flexibility index (Phi) is 13.8. The fourth-order valence-electron chi connectivity index (χ4n) is 3.70. The number of hydrogen-bond acceptors (Lipinski definition) is 5. The highest BCUT2D eigenvalue weighted by Gasteiger charge is 2.31. The van der Waals surface area contributed by atoms with E-state index >= 15 is 0 Å². The summed E-state index contributed by atoms with van der Waals surface area (Å²) in [5, 5.41) is 2.35. The summed E-state index contributed by atoms with van der Waals surface area (Å²) < 4.78 is 140. The minimum atomic E-state index is -4.46. The molecule has 254 valence electrons. The van der Waals surface area contributed by atoms with Gasteiger partial charge < -0.3 is 20.0 Å². The van der Waals surface area contributed by atoms with Crippen molar-refractivity contribution in [3.05, 3.63) is 106 Å². The molecule has 0 bridgehead atoms. The zero-order valence-corrected chi connectivity index (χ0v) is 25.8. The summed E-state index contributed by atoms with van der Waals surface area (Å²) in [6, 6.07) is 11.0. The molecule has 4 aromatic rings. The smallest absolute Gasteiger partial charge is 0.416 e. The van der Waals surface area contributed by atoms with E-state index in [0.717, 1.165) is 18.7 Å². The van der Waals surface area contributed by atoms with Crippen LogP contribution in [0, 0.1) is 48.8 Å². The summed E-state index contributed by atoms with van der Waals surface area (Å²) in [6.45, 7) is 5.85. The van der Waals surface area contributed by atoms with E-state index in [1.165, 1.54) is 56.5 Å². The molecule has 0 spiro atoms. The molecule has 4 rings (SSSR count). The predicted octanol–water partition coefficient (Wildman–Crippen LogP) is 8.15. The predicted molar refractivity (Wildman–Crippen MR) is 157 cm³/mol. The summed E-state index contributed by atoms with van der Waals surface area (Å²) in [6.07, 6.45) is -4.05. The summed E-state index contributed by atoms with van der Waals surface area (Å²) in [5.74, 6) is -13.0. The molecule has 0 aliphatic rings. The largest absolute Gasteiger partial charge is 0.496 e. The van der Waals surface area contributed by atoms with Crippen LogP contribution >= 0.6 is 0 Å². The maximum Gasteiger partial charge on any atom is 0.416 e. The SMILES string of the molecule is CCN.COc1cc(-c2cccc(C(F)(F)F)c2)c(F)cc1C.Cc1cc(S(=O)Oc2c(F)c(F)c(F)c(F)c2F)ccc1NC=O. The number of rotatable bonds is 7. The minimum absolute atomic E-state index is 0.0820. The normalized spacial score (nSPS) is 11.4. The van der Waals surface area contributed by atoms with E-state index in [-0.39, 0.29) is 16.0 Å². The van der Waals surface area contributed by atoms with Gasteiger partial charge in [0.15, 0.2) is 0 Å². The second-order valence-corrected chi connectivity index (χ2v) is 10.4. The minimum Gasteiger partial charge on any atom is -0.496 e. The van der Waals surface area contributed by atoms with E-state index in [0.29, 0.717) is 29.0 Å². The Labute approximate surface area is 266 Å². The number of amides is 1. The Balaban J connectivity index is 0.000000306. The van der Waals surface area contributed by atoms with Crippen LogP contribution in [0.2, 0.25) is 0 Å². The second kappa shape index (κ2) is 16.8. The van der Waals surface area contributed by atoms with Crippen molar-refractivity contribution in [1.29, 1.82) is 0 Å². The number of carbonyl (C=O) groups is 1. The van der Waals surface area contributed by atoms with E-state index in [4.69, 9.17) is 10.5 Å². The maximum atomic E-state index is 13.9. The molecule has 16 heteroatoms. The Morgan fingerprint density at radius 2 is 1.43 bits per heavy atom. The van der Waals surface area contributed by atoms with Crippen molar-refractivity contribution in [3.63, 3.8) is 0 Å². The summed E-state index contributed by atoms with van der Waals surface area (Å²) in [7, 11) is 1.43. The number of carbonyl (C=O) groups excluding carboxylic acids is 1. The van der Waals surface area contributed by atoms with Gasteiger partial charge in [-0.25, -0.2) is 21.8 Å². The third-order valence-electron chi connectivity index (χ3n) is 5.92. The quantitative estimate of drug-likeness (QED) is 0.0883. The van der Waals surface area contributed by atoms with Crippen LogP contribution in [-0.4, -0.2) is 24.3 Å². The Morgan fingerprint density at radius 3 is 1.94 bits per heavy atom. The van der Waals surface area contributed by atoms with Crippen molar-refractivity contribution in [1.82, 2.24) is 0 Å². The van der Waals surface area contributed by atoms with Gasteiger partial charge in [-0.2, -0.15) is 22.0 Å². The number of hydrogen-bond donors (Lipinski definition) is 2. The van der Waals surface area contributed by atoms with E-state index in [9.17, 15) is 48.5 Å². The maximum absolute atomic E-state index is 13.9. The van der Waals surface area contributed by atoms with Crippen LogP contribution < -0.4 is 20.0 Å². The molecule has 0 fully saturated rings. The van der Waals surface area contributed by atoms with Crippen molar-refractivity contribution < 1.29 is 57.4 Å². The molecule has 1 amide bonds. The third kappa shape index (κ3) is 9.71. The van der Waals surface area contributed by atoms with Gasteiger partial charge in [-0.05, 0) is 79.5 Å². The fourth-order valence-corrected chi connectivity index (χ4v) is 4.55. The first-order valence-corrected chi connectivity index (χ1v) is 14.2. The highest BCUT2D eigenvalue weighted by molar-refractivity contribution is 7.80. The van der Waals surface area contributed by atoms with E-state index < -0.39 is 63.5 Å². The third-order valence-corrected chi connectivity index (χ3v) is 6.88. The van der Waals surface area contributed by atoms with E-state index in [1.54, 1.807) is 6.92 Å². The van der Waals surface area contributed by atoms with Gasteiger partial charge in [0, 0.05) is 11.3 Å². The van der Waals surface area contributed by atoms with Crippen LogP contribution in [-0.2, 0) is 22.1 Å². The summed E-state index contributed by atoms with van der Waals surface area (Å²) in [4.78, 5) is 10.3. The highest BCUT2D eigenvalue weighted by atomic mass is 32.2. The van der Waals surface area contributed by atoms with Crippen molar-refractivity contribution >= 4 is 23.2 Å². The molecule has 0 aliphatic carbocycles. The number of ether oxygens (including phenoxy) is 1. The molecule has 0 saturated carbocycles. The molecule has 1 unspecified atom stereocenters. The average Bonchev–Trinajstić information content (AvgIpc) is 3.02. The average molecular weight is 695 g/mol. The van der Waals surface area contributed by atoms with Crippen LogP contribution in [0.4, 0.5) is 45.2 Å². The molecule has 0 aliphatic heterocycles. The lowest BCUT2D eigenvalue weighted by atomic mass is 10.0. The number of nitrogens with one attached hydrogen (secondary N) is 1. The van der Waals surface area contributed by atoms with Gasteiger partial charge in [0.1, 0.15) is 11.6 Å². The summed E-state index contributed by atoms with van der Waals surface area (Å²) >= 11 is -2.55. The second-order valence-electron chi connectivity index (χ2n) is 9.24. The monoisotopic (exact) mass is 694 g/mol. The number of aryl methyl sites for hydroxylation is 2. The lowest BCUT2D eigenvalue weighted by Gasteiger charge is -2.12. The van der Waals surface area contributed by atoms with Gasteiger partial charge in [0.2, 0.25) is 52.3 Å². The lowest BCUT2D eigenvalue weighted by Crippen LogP contribution is -2.09. The van der Waals surface area contributed by atoms with E-state index in [2.05, 4.69) is 9.50 Å². The Hall–Kier alpha value is -4.57. The fraction of sp³-hybridized carbons (Fsp3) is 0.194. The van der Waals surface area contributed by atoms with Crippen LogP contribution in [0.15, 0.2) is 59.5 Å². The molecule has 6 nitrogen and oxygen atoms in total. The van der Waals surface area contributed by atoms with Gasteiger partial charge in [-0.3, -0.25) is 4.79 Å². The molecule has 4 aromatic carbocycles. The first kappa shape index (κ1) is 38.6. The molecule has 0 saturated heterocycles. The molecule has 1 atom stereocenters. The van der Waals surface area contributed by atoms with Gasteiger partial charge in [-0.1, -0.05) is 19.1 Å². The zero-order valence-electron chi connectivity index (χ0n) is 25.0. The number of benzene rings is 4. The van der Waals surface area contributed by atoms with Crippen LogP contribution in [0.1, 0.15) is 23.6 Å². The molecular formula is C31H27F9N2O4S. The van der Waals surface area contributed by atoms with Crippen molar-refractivity contribution in [3.8, 4) is 22.6 Å². The first-order valence-electron chi connectivity index (χ1n) is 13.2. The van der Waals surface area contributed by atoms with Gasteiger partial charge in [0.05, 0.1) is 17.6 Å². The first-order chi connectivity index (χ1) is 22.0. The van der Waals surface area contributed by atoms with Gasteiger partial charge in [0.25, 0.3) is 0 Å². The Bertz CT molecular complexity index is 1720. The van der Waals surface area contributed by atoms with Crippen LogP contribution in [0.3, 0.4) is 0 Å². The molecule has 0 heterocycles. The van der Waals surface area contributed by atoms with Crippen LogP contribution in [0.25, 0.3) is 11.1 Å². The zero-order chi connectivity index (χ0) is 35.6. The number of nitrogens with two attached hydrogens (primary N) is 1. The van der Waals surface area contributed by atoms with Crippen molar-refractivity contribution in [2.75, 3.05) is 19.0 Å². The van der Waals surface area contributed by atoms with Gasteiger partial charge >= 0.3 is 6.18 Å². The molecule has 3 N–H and O–H groups in total. The highest BCUT2D eigenvalue weighted by Crippen LogP contribution is 2.35. The van der Waals surface area contributed by atoms with Crippen molar-refractivity contribution in [2.24, 2.45) is 5.73 Å². The molecule has 0 radical (unpaired) electrons. The van der Waals surface area contributed by atoms with Crippen LogP contribution in [0.5, 0.6) is 11.5 Å². The number of anilines is 1. The van der Waals surface area contributed by atoms with Gasteiger partial charge in [-0.15, -0.1) is 0 Å². The molecular weight excluding hydrogens is 667 g/mol. The number of halogens is 9. The Morgan fingerprint density at radius 1 is 0.851 bits per heavy atom. The molecule has 47 heavy (non-hydrogen) atoms. The topological polar surface area (TPSA) is 90.7 Å². The van der Waals surface area contributed by atoms with Crippen molar-refractivity contribution in [2.45, 2.75) is 31.8 Å². The molecule has 0 aromatic heterocycles. The standard InChI is InChI=1S/C15H12F4O.C14H8F5NO3S.C2H7N/c1-9-6-13(16)12(8-14(9)20-2)10-4-3-5-11(7-10)15(17,18)19;1-6-4-7(2-3-8(6)20-5-21)24(22)23-14-12(18)10(16)9(15)11(17)13(14)19;1-2-3/h3-8H,1-2H3;2-5H,1H3,(H,20,21);2-3H2,1H3. The van der Waals surface area contributed by atoms with E-state index in [1.807, 2.05) is 6.92 Å². The summed E-state index contributed by atoms with van der Waals surface area (Å²) in [5.41, 5.74) is 5.68. The lowest BCUT2D eigenvalue weighted by molar-refractivity contribution is -0.137.